The van der Waals surface area contributed by atoms with Gasteiger partial charge in [0.25, 0.3) is 11.6 Å². The fourth-order valence-electron chi connectivity index (χ4n) is 1.16. The molecule has 0 aliphatic carbocycles. The lowest BCUT2D eigenvalue weighted by Gasteiger charge is -2.09. The maximum absolute atomic E-state index is 11.4. The van der Waals surface area contributed by atoms with Gasteiger partial charge in [0.1, 0.15) is 0 Å². The number of nitro benzene ring substituents is 1. The first-order valence-electron chi connectivity index (χ1n) is 5.27. The van der Waals surface area contributed by atoms with E-state index in [2.05, 4.69) is 0 Å². The number of carbonyl (C=O) groups excluding carboxylic acids is 2. The van der Waals surface area contributed by atoms with Gasteiger partial charge in [-0.3, -0.25) is 19.7 Å². The van der Waals surface area contributed by atoms with E-state index in [4.69, 9.17) is 10.5 Å². The van der Waals surface area contributed by atoms with E-state index in [1.54, 1.807) is 6.07 Å². The maximum Gasteiger partial charge on any atom is 0.317 e. The molecule has 0 unspecified atom stereocenters. The third-order valence-corrected chi connectivity index (χ3v) is 3.15. The SMILES string of the molecule is C[C@H](OC(=O)CSc1ccccc1[N+](=O)[O-])C(N)=O. The highest BCUT2D eigenvalue weighted by Crippen LogP contribution is 2.28. The number of hydrogen-bond acceptors (Lipinski definition) is 6. The third-order valence-electron chi connectivity index (χ3n) is 2.12. The van der Waals surface area contributed by atoms with E-state index >= 15 is 0 Å². The molecule has 0 saturated carbocycles. The van der Waals surface area contributed by atoms with Crippen LogP contribution < -0.4 is 5.73 Å². The van der Waals surface area contributed by atoms with Crippen molar-refractivity contribution in [3.05, 3.63) is 34.4 Å². The van der Waals surface area contributed by atoms with Crippen molar-refractivity contribution in [1.29, 1.82) is 0 Å². The first-order chi connectivity index (χ1) is 8.91. The summed E-state index contributed by atoms with van der Waals surface area (Å²) in [5.41, 5.74) is 4.86. The van der Waals surface area contributed by atoms with Crippen molar-refractivity contribution in [2.45, 2.75) is 17.9 Å². The predicted octanol–water partition coefficient (Wildman–Crippen LogP) is 1.10. The molecule has 102 valence electrons. The van der Waals surface area contributed by atoms with Crippen molar-refractivity contribution in [2.24, 2.45) is 5.73 Å². The van der Waals surface area contributed by atoms with E-state index < -0.39 is 22.9 Å². The van der Waals surface area contributed by atoms with Crippen LogP contribution in [0.4, 0.5) is 5.69 Å². The van der Waals surface area contributed by atoms with Gasteiger partial charge in [-0.05, 0) is 13.0 Å². The Morgan fingerprint density at radius 3 is 2.68 bits per heavy atom. The van der Waals surface area contributed by atoms with Gasteiger partial charge in [0.05, 0.1) is 15.6 Å². The second-order valence-electron chi connectivity index (χ2n) is 3.55. The van der Waals surface area contributed by atoms with Crippen LogP contribution in [0.5, 0.6) is 0 Å². The van der Waals surface area contributed by atoms with Crippen molar-refractivity contribution >= 4 is 29.3 Å². The number of primary amides is 1. The molecule has 0 heterocycles. The van der Waals surface area contributed by atoms with Crippen LogP contribution >= 0.6 is 11.8 Å². The maximum atomic E-state index is 11.4. The number of esters is 1. The van der Waals surface area contributed by atoms with Crippen molar-refractivity contribution in [1.82, 2.24) is 0 Å². The Bertz CT molecular complexity index is 506. The number of amides is 1. The molecule has 1 aromatic carbocycles. The lowest BCUT2D eigenvalue weighted by Crippen LogP contribution is -2.31. The fourth-order valence-corrected chi connectivity index (χ4v) is 1.96. The summed E-state index contributed by atoms with van der Waals surface area (Å²) in [5.74, 6) is -1.54. The second-order valence-corrected chi connectivity index (χ2v) is 4.57. The summed E-state index contributed by atoms with van der Waals surface area (Å²) in [6.45, 7) is 1.36. The molecular formula is C11H12N2O5S. The van der Waals surface area contributed by atoms with Crippen molar-refractivity contribution < 1.29 is 19.2 Å². The molecule has 0 aromatic heterocycles. The van der Waals surface area contributed by atoms with E-state index in [0.29, 0.717) is 4.90 Å². The standard InChI is InChI=1S/C11H12N2O5S/c1-7(11(12)15)18-10(14)6-19-9-5-3-2-4-8(9)13(16)17/h2-5,7H,6H2,1H3,(H2,12,15)/t7-/m0/s1. The van der Waals surface area contributed by atoms with Gasteiger partial charge in [-0.15, -0.1) is 11.8 Å². The van der Waals surface area contributed by atoms with Crippen molar-refractivity contribution in [3.8, 4) is 0 Å². The molecule has 0 spiro atoms. The topological polar surface area (TPSA) is 113 Å². The number of benzene rings is 1. The van der Waals surface area contributed by atoms with Crippen LogP contribution in [-0.2, 0) is 14.3 Å². The van der Waals surface area contributed by atoms with Crippen molar-refractivity contribution in [3.63, 3.8) is 0 Å². The Labute approximate surface area is 113 Å². The number of hydrogen-bond donors (Lipinski definition) is 1. The normalized spacial score (nSPS) is 11.6. The lowest BCUT2D eigenvalue weighted by atomic mass is 10.3. The average Bonchev–Trinajstić information content (AvgIpc) is 2.36. The molecule has 0 fully saturated rings. The van der Waals surface area contributed by atoms with Crippen LogP contribution in [0.3, 0.4) is 0 Å². The van der Waals surface area contributed by atoms with E-state index in [-0.39, 0.29) is 11.4 Å². The van der Waals surface area contributed by atoms with Crippen LogP contribution in [0, 0.1) is 10.1 Å². The molecule has 0 bridgehead atoms. The summed E-state index contributed by atoms with van der Waals surface area (Å²) in [4.78, 5) is 32.7. The zero-order valence-electron chi connectivity index (χ0n) is 10.1. The Kier molecular flexibility index (Phi) is 5.31. The van der Waals surface area contributed by atoms with E-state index in [9.17, 15) is 19.7 Å². The number of carbonyl (C=O) groups is 2. The van der Waals surface area contributed by atoms with Gasteiger partial charge < -0.3 is 10.5 Å². The van der Waals surface area contributed by atoms with E-state index in [1.807, 2.05) is 0 Å². The molecule has 1 aromatic rings. The fraction of sp³-hybridized carbons (Fsp3) is 0.273. The van der Waals surface area contributed by atoms with Crippen LogP contribution in [0.25, 0.3) is 0 Å². The molecule has 0 aliphatic heterocycles. The molecule has 1 rings (SSSR count). The minimum atomic E-state index is -1.01. The molecule has 0 saturated heterocycles. The second kappa shape index (κ2) is 6.74. The highest BCUT2D eigenvalue weighted by Gasteiger charge is 2.17. The number of thioether (sulfide) groups is 1. The first kappa shape index (κ1) is 15.0. The van der Waals surface area contributed by atoms with Gasteiger partial charge >= 0.3 is 5.97 Å². The van der Waals surface area contributed by atoms with Crippen LogP contribution in [0.1, 0.15) is 6.92 Å². The number of nitrogens with two attached hydrogens (primary N) is 1. The van der Waals surface area contributed by atoms with Crippen molar-refractivity contribution in [2.75, 3.05) is 5.75 Å². The quantitative estimate of drug-likeness (QED) is 0.362. The van der Waals surface area contributed by atoms with Gasteiger partial charge in [0.15, 0.2) is 6.10 Å². The largest absolute Gasteiger partial charge is 0.452 e. The van der Waals surface area contributed by atoms with E-state index in [0.717, 1.165) is 11.8 Å². The molecule has 8 heteroatoms. The number of ether oxygens (including phenoxy) is 1. The highest BCUT2D eigenvalue weighted by molar-refractivity contribution is 8.00. The Balaban J connectivity index is 2.60. The Morgan fingerprint density at radius 2 is 2.11 bits per heavy atom. The van der Waals surface area contributed by atoms with Crippen LogP contribution in [0.2, 0.25) is 0 Å². The molecule has 19 heavy (non-hydrogen) atoms. The Hall–Kier alpha value is -2.09. The summed E-state index contributed by atoms with van der Waals surface area (Å²) < 4.78 is 4.73. The minimum Gasteiger partial charge on any atom is -0.452 e. The van der Waals surface area contributed by atoms with Crippen LogP contribution in [0.15, 0.2) is 29.2 Å². The highest BCUT2D eigenvalue weighted by atomic mass is 32.2. The molecule has 0 aliphatic rings. The predicted molar refractivity (Wildman–Crippen MR) is 68.6 cm³/mol. The first-order valence-corrected chi connectivity index (χ1v) is 6.25. The van der Waals surface area contributed by atoms with Gasteiger partial charge in [-0.1, -0.05) is 12.1 Å². The van der Waals surface area contributed by atoms with Gasteiger partial charge in [0, 0.05) is 6.07 Å². The number of rotatable bonds is 6. The Morgan fingerprint density at radius 1 is 1.47 bits per heavy atom. The summed E-state index contributed by atoms with van der Waals surface area (Å²) in [7, 11) is 0. The summed E-state index contributed by atoms with van der Waals surface area (Å²) in [6, 6.07) is 6.05. The zero-order chi connectivity index (χ0) is 14.4. The van der Waals surface area contributed by atoms with E-state index in [1.165, 1.54) is 25.1 Å². The minimum absolute atomic E-state index is 0.0803. The monoisotopic (exact) mass is 284 g/mol. The van der Waals surface area contributed by atoms with Gasteiger partial charge in [-0.25, -0.2) is 0 Å². The summed E-state index contributed by atoms with van der Waals surface area (Å²) in [6.07, 6.45) is -1.01. The summed E-state index contributed by atoms with van der Waals surface area (Å²) >= 11 is 0.969. The average molecular weight is 284 g/mol. The molecular weight excluding hydrogens is 272 g/mol. The lowest BCUT2D eigenvalue weighted by molar-refractivity contribution is -0.387. The smallest absolute Gasteiger partial charge is 0.317 e. The zero-order valence-corrected chi connectivity index (χ0v) is 10.9. The third kappa shape index (κ3) is 4.59. The molecule has 1 amide bonds. The van der Waals surface area contributed by atoms with Gasteiger partial charge in [0.2, 0.25) is 0 Å². The van der Waals surface area contributed by atoms with Crippen LogP contribution in [-0.4, -0.2) is 28.7 Å². The number of nitro groups is 1. The number of para-hydroxylation sites is 1. The number of nitrogens with zero attached hydrogens (tertiary/aromatic N) is 1. The molecule has 7 nitrogen and oxygen atoms in total. The molecule has 2 N–H and O–H groups in total. The van der Waals surface area contributed by atoms with Gasteiger partial charge in [-0.2, -0.15) is 0 Å². The summed E-state index contributed by atoms with van der Waals surface area (Å²) in [5, 5.41) is 10.7. The molecule has 0 radical (unpaired) electrons. The molecule has 1 atom stereocenters.